The molecule has 1 aromatic heterocycles. The Morgan fingerprint density at radius 1 is 1.79 bits per heavy atom. The van der Waals surface area contributed by atoms with Gasteiger partial charge in [-0.2, -0.15) is 5.10 Å². The first-order valence-electron chi connectivity index (χ1n) is 3.74. The maximum atomic E-state index is 11.5. The van der Waals surface area contributed by atoms with Crippen LogP contribution < -0.4 is 4.72 Å². The van der Waals surface area contributed by atoms with Crippen LogP contribution in [0, 0.1) is 0 Å². The summed E-state index contributed by atoms with van der Waals surface area (Å²) in [7, 11) is -1.99. The van der Waals surface area contributed by atoms with E-state index >= 15 is 0 Å². The van der Waals surface area contributed by atoms with Crippen molar-refractivity contribution in [1.82, 2.24) is 14.5 Å². The van der Waals surface area contributed by atoms with Crippen molar-refractivity contribution in [2.45, 2.75) is 5.03 Å². The Bertz CT molecular complexity index is 438. The highest BCUT2D eigenvalue weighted by Crippen LogP contribution is 2.06. The van der Waals surface area contributed by atoms with E-state index < -0.39 is 10.0 Å². The van der Waals surface area contributed by atoms with E-state index in [2.05, 4.69) is 16.4 Å². The molecule has 0 radical (unpaired) electrons. The number of nitrogens with one attached hydrogen (secondary N) is 1. The van der Waals surface area contributed by atoms with Gasteiger partial charge in [-0.1, -0.05) is 18.2 Å². The minimum Gasteiger partial charge on any atom is -0.256 e. The molecule has 5 nitrogen and oxygen atoms in total. The van der Waals surface area contributed by atoms with Gasteiger partial charge in [0.05, 0.1) is 6.20 Å². The zero-order chi connectivity index (χ0) is 10.8. The fraction of sp³-hybridized carbons (Fsp3) is 0.286. The van der Waals surface area contributed by atoms with E-state index in [1.165, 1.54) is 16.9 Å². The van der Waals surface area contributed by atoms with Gasteiger partial charge in [0, 0.05) is 18.6 Å². The van der Waals surface area contributed by atoms with Gasteiger partial charge in [-0.25, -0.2) is 13.1 Å². The summed E-state index contributed by atoms with van der Waals surface area (Å²) in [5, 5.41) is 4.08. The van der Waals surface area contributed by atoms with Crippen molar-refractivity contribution in [3.8, 4) is 0 Å². The number of halogens is 1. The predicted octanol–water partition coefficient (Wildman–Crippen LogP) is 0.451. The second-order valence-corrected chi connectivity index (χ2v) is 4.88. The van der Waals surface area contributed by atoms with Crippen LogP contribution in [0.3, 0.4) is 0 Å². The summed E-state index contributed by atoms with van der Waals surface area (Å²) in [5.41, 5.74) is 0. The van der Waals surface area contributed by atoms with E-state index in [1.807, 2.05) is 0 Å². The van der Waals surface area contributed by atoms with Crippen molar-refractivity contribution >= 4 is 21.6 Å². The smallest absolute Gasteiger partial charge is 0.256 e. The maximum Gasteiger partial charge on any atom is 0.258 e. The average molecular weight is 236 g/mol. The molecule has 0 fully saturated rings. The predicted molar refractivity (Wildman–Crippen MR) is 53.4 cm³/mol. The third-order valence-electron chi connectivity index (χ3n) is 1.51. The molecule has 0 aromatic carbocycles. The molecular formula is C7H10ClN3O2S. The van der Waals surface area contributed by atoms with Crippen molar-refractivity contribution < 1.29 is 8.42 Å². The Morgan fingerprint density at radius 2 is 2.43 bits per heavy atom. The third-order valence-corrected chi connectivity index (χ3v) is 3.11. The molecule has 0 saturated carbocycles. The molecule has 14 heavy (non-hydrogen) atoms. The third kappa shape index (κ3) is 2.57. The number of aryl methyl sites for hydroxylation is 1. The Hall–Kier alpha value is -0.850. The highest BCUT2D eigenvalue weighted by Gasteiger charge is 2.16. The van der Waals surface area contributed by atoms with Gasteiger partial charge in [0.1, 0.15) is 0 Å². The molecule has 0 saturated heterocycles. The van der Waals surface area contributed by atoms with Crippen LogP contribution in [0.5, 0.6) is 0 Å². The lowest BCUT2D eigenvalue weighted by Gasteiger charge is -2.05. The SMILES string of the molecule is C=C(Cl)CNS(=O)(=O)c1ccnn1C. The maximum absolute atomic E-state index is 11.5. The first-order chi connectivity index (χ1) is 6.43. The largest absolute Gasteiger partial charge is 0.258 e. The fourth-order valence-electron chi connectivity index (χ4n) is 0.873. The molecule has 7 heteroatoms. The first kappa shape index (κ1) is 11.2. The van der Waals surface area contributed by atoms with Gasteiger partial charge in [0.15, 0.2) is 5.03 Å². The second-order valence-electron chi connectivity index (χ2n) is 2.63. The lowest BCUT2D eigenvalue weighted by atomic mass is 10.7. The number of sulfonamides is 1. The molecule has 0 bridgehead atoms. The molecular weight excluding hydrogens is 226 g/mol. The zero-order valence-corrected chi connectivity index (χ0v) is 9.14. The number of rotatable bonds is 4. The van der Waals surface area contributed by atoms with Gasteiger partial charge in [0.25, 0.3) is 10.0 Å². The molecule has 0 amide bonds. The van der Waals surface area contributed by atoms with Crippen LogP contribution in [0.2, 0.25) is 0 Å². The number of aromatic nitrogens is 2. The van der Waals surface area contributed by atoms with Gasteiger partial charge in [-0.05, 0) is 6.07 Å². The van der Waals surface area contributed by atoms with Crippen LogP contribution in [0.1, 0.15) is 0 Å². The molecule has 78 valence electrons. The van der Waals surface area contributed by atoms with Crippen LogP contribution in [0.15, 0.2) is 28.9 Å². The monoisotopic (exact) mass is 235 g/mol. The van der Waals surface area contributed by atoms with Crippen molar-refractivity contribution in [3.63, 3.8) is 0 Å². The highest BCUT2D eigenvalue weighted by molar-refractivity contribution is 7.89. The molecule has 1 rings (SSSR count). The zero-order valence-electron chi connectivity index (χ0n) is 7.57. The van der Waals surface area contributed by atoms with Gasteiger partial charge in [0.2, 0.25) is 0 Å². The minimum atomic E-state index is -3.54. The Labute approximate surface area is 87.4 Å². The number of hydrogen-bond donors (Lipinski definition) is 1. The summed E-state index contributed by atoms with van der Waals surface area (Å²) in [6, 6.07) is 1.40. The second kappa shape index (κ2) is 4.12. The lowest BCUT2D eigenvalue weighted by molar-refractivity contribution is 0.566. The summed E-state index contributed by atoms with van der Waals surface area (Å²) >= 11 is 5.44. The fourth-order valence-corrected chi connectivity index (χ4v) is 2.17. The Morgan fingerprint density at radius 3 is 2.86 bits per heavy atom. The molecule has 0 unspecified atom stereocenters. The van der Waals surface area contributed by atoms with E-state index in [-0.39, 0.29) is 16.6 Å². The molecule has 0 atom stereocenters. The van der Waals surface area contributed by atoms with E-state index in [0.717, 1.165) is 0 Å². The normalized spacial score (nSPS) is 11.6. The van der Waals surface area contributed by atoms with Gasteiger partial charge >= 0.3 is 0 Å². The van der Waals surface area contributed by atoms with Crippen molar-refractivity contribution in [1.29, 1.82) is 0 Å². The highest BCUT2D eigenvalue weighted by atomic mass is 35.5. The van der Waals surface area contributed by atoms with Crippen LogP contribution in [-0.4, -0.2) is 24.7 Å². The van der Waals surface area contributed by atoms with Gasteiger partial charge in [-0.3, -0.25) is 4.68 Å². The van der Waals surface area contributed by atoms with E-state index in [0.29, 0.717) is 0 Å². The van der Waals surface area contributed by atoms with Crippen LogP contribution in [0.25, 0.3) is 0 Å². The van der Waals surface area contributed by atoms with Crippen LogP contribution in [-0.2, 0) is 17.1 Å². The summed E-state index contributed by atoms with van der Waals surface area (Å²) in [5.74, 6) is 0. The van der Waals surface area contributed by atoms with Crippen molar-refractivity contribution in [2.75, 3.05) is 6.54 Å². The molecule has 1 N–H and O–H groups in total. The van der Waals surface area contributed by atoms with Gasteiger partial charge < -0.3 is 0 Å². The van der Waals surface area contributed by atoms with Gasteiger partial charge in [-0.15, -0.1) is 0 Å². The lowest BCUT2D eigenvalue weighted by Crippen LogP contribution is -2.26. The molecule has 0 aliphatic rings. The molecule has 1 heterocycles. The summed E-state index contributed by atoms with van der Waals surface area (Å²) in [6.45, 7) is 3.39. The first-order valence-corrected chi connectivity index (χ1v) is 5.60. The Kier molecular flexibility index (Phi) is 3.30. The summed E-state index contributed by atoms with van der Waals surface area (Å²) < 4.78 is 26.6. The van der Waals surface area contributed by atoms with Crippen LogP contribution >= 0.6 is 11.6 Å². The summed E-state index contributed by atoms with van der Waals surface area (Å²) in [6.07, 6.45) is 1.41. The molecule has 0 aliphatic heterocycles. The quantitative estimate of drug-likeness (QED) is 0.824. The van der Waals surface area contributed by atoms with E-state index in [1.54, 1.807) is 7.05 Å². The minimum absolute atomic E-state index is 0.00900. The molecule has 0 spiro atoms. The van der Waals surface area contributed by atoms with E-state index in [4.69, 9.17) is 11.6 Å². The number of hydrogen-bond acceptors (Lipinski definition) is 3. The Balaban J connectivity index is 2.87. The molecule has 0 aliphatic carbocycles. The number of nitrogens with zero attached hydrogens (tertiary/aromatic N) is 2. The molecule has 1 aromatic rings. The van der Waals surface area contributed by atoms with Crippen molar-refractivity contribution in [2.24, 2.45) is 7.05 Å². The van der Waals surface area contributed by atoms with E-state index in [9.17, 15) is 8.42 Å². The van der Waals surface area contributed by atoms with Crippen molar-refractivity contribution in [3.05, 3.63) is 23.9 Å². The standard InChI is InChI=1S/C7H10ClN3O2S/c1-6(8)5-10-14(12,13)7-3-4-9-11(7)2/h3-4,10H,1,5H2,2H3. The van der Waals surface area contributed by atoms with Crippen LogP contribution in [0.4, 0.5) is 0 Å². The summed E-state index contributed by atoms with van der Waals surface area (Å²) in [4.78, 5) is 0. The topological polar surface area (TPSA) is 64.0 Å². The average Bonchev–Trinajstić information content (AvgIpc) is 2.48.